The maximum Gasteiger partial charge on any atom is 0.276 e. The van der Waals surface area contributed by atoms with Crippen molar-refractivity contribution in [3.05, 3.63) is 64.7 Å². The van der Waals surface area contributed by atoms with Crippen LogP contribution in [0.5, 0.6) is 0 Å². The first-order valence-corrected chi connectivity index (χ1v) is 7.15. The lowest BCUT2D eigenvalue weighted by Crippen LogP contribution is -2.15. The molecule has 2 heterocycles. The third-order valence-electron chi connectivity index (χ3n) is 2.92. The molecular weight excluding hydrogens is 325 g/mol. The first-order chi connectivity index (χ1) is 10.6. The fourth-order valence-corrected chi connectivity index (χ4v) is 2.38. The average molecular weight is 336 g/mol. The van der Waals surface area contributed by atoms with E-state index in [0.717, 1.165) is 0 Å². The second kappa shape index (κ2) is 6.21. The lowest BCUT2D eigenvalue weighted by molar-refractivity contribution is 0.102. The molecule has 0 aliphatic heterocycles. The average Bonchev–Trinajstić information content (AvgIpc) is 3.15. The van der Waals surface area contributed by atoms with Crippen molar-refractivity contribution in [3.63, 3.8) is 0 Å². The van der Waals surface area contributed by atoms with Crippen LogP contribution in [0.25, 0.3) is 0 Å². The van der Waals surface area contributed by atoms with Crippen molar-refractivity contribution in [1.29, 1.82) is 0 Å². The van der Waals surface area contributed by atoms with Gasteiger partial charge in [0, 0.05) is 18.6 Å². The monoisotopic (exact) mass is 335 g/mol. The lowest BCUT2D eigenvalue weighted by Gasteiger charge is -2.07. The summed E-state index contributed by atoms with van der Waals surface area (Å²) in [7, 11) is 0. The number of benzene rings is 1. The highest BCUT2D eigenvalue weighted by atomic mass is 35.5. The molecule has 0 atom stereocenters. The number of nitrogens with zero attached hydrogens (tertiary/aromatic N) is 4. The van der Waals surface area contributed by atoms with Crippen molar-refractivity contribution in [2.24, 2.45) is 0 Å². The van der Waals surface area contributed by atoms with E-state index in [-0.39, 0.29) is 11.6 Å². The van der Waals surface area contributed by atoms with E-state index in [1.165, 1.54) is 0 Å². The third-order valence-corrected chi connectivity index (χ3v) is 3.55. The van der Waals surface area contributed by atoms with Crippen LogP contribution in [0.3, 0.4) is 0 Å². The van der Waals surface area contributed by atoms with Crippen LogP contribution in [0.1, 0.15) is 10.5 Å². The highest BCUT2D eigenvalue weighted by Gasteiger charge is 2.14. The maximum absolute atomic E-state index is 12.2. The number of aromatic nitrogens is 4. The van der Waals surface area contributed by atoms with E-state index in [9.17, 15) is 4.79 Å². The second-order valence-electron chi connectivity index (χ2n) is 4.48. The first kappa shape index (κ1) is 14.6. The molecule has 0 aliphatic carbocycles. The Bertz CT molecular complexity index is 777. The van der Waals surface area contributed by atoms with Crippen molar-refractivity contribution < 1.29 is 4.79 Å². The van der Waals surface area contributed by atoms with Crippen LogP contribution in [-0.2, 0) is 6.67 Å². The third kappa shape index (κ3) is 3.13. The summed E-state index contributed by atoms with van der Waals surface area (Å²) in [6.07, 6.45) is 5.19. The Balaban J connectivity index is 1.74. The minimum atomic E-state index is -0.380. The number of anilines is 1. The number of halogens is 2. The number of hydrogen-bond acceptors (Lipinski definition) is 3. The summed E-state index contributed by atoms with van der Waals surface area (Å²) in [6.45, 7) is 0.424. The zero-order valence-electron chi connectivity index (χ0n) is 11.3. The highest BCUT2D eigenvalue weighted by Crippen LogP contribution is 2.30. The molecule has 1 amide bonds. The summed E-state index contributed by atoms with van der Waals surface area (Å²) in [5.74, 6) is -0.380. The lowest BCUT2D eigenvalue weighted by atomic mass is 10.3. The minimum Gasteiger partial charge on any atom is -0.318 e. The molecule has 0 saturated heterocycles. The summed E-state index contributed by atoms with van der Waals surface area (Å²) >= 11 is 12.0. The fraction of sp³-hybridized carbons (Fsp3) is 0.0714. The zero-order valence-corrected chi connectivity index (χ0v) is 12.8. The molecule has 0 bridgehead atoms. The van der Waals surface area contributed by atoms with Crippen molar-refractivity contribution in [3.8, 4) is 0 Å². The minimum absolute atomic E-state index is 0.267. The van der Waals surface area contributed by atoms with E-state index in [1.54, 1.807) is 46.0 Å². The highest BCUT2D eigenvalue weighted by molar-refractivity contribution is 6.39. The summed E-state index contributed by atoms with van der Waals surface area (Å²) in [6, 6.07) is 8.44. The Hall–Kier alpha value is -2.31. The van der Waals surface area contributed by atoms with Crippen LogP contribution < -0.4 is 5.32 Å². The Morgan fingerprint density at radius 2 is 1.86 bits per heavy atom. The molecule has 112 valence electrons. The Labute approximate surface area is 136 Å². The van der Waals surface area contributed by atoms with Gasteiger partial charge in [0.15, 0.2) is 5.69 Å². The van der Waals surface area contributed by atoms with Crippen LogP contribution in [0.2, 0.25) is 10.0 Å². The van der Waals surface area contributed by atoms with Gasteiger partial charge in [-0.3, -0.25) is 14.2 Å². The van der Waals surface area contributed by atoms with Crippen LogP contribution in [0.4, 0.5) is 5.69 Å². The Morgan fingerprint density at radius 3 is 2.55 bits per heavy atom. The maximum atomic E-state index is 12.2. The molecule has 0 spiro atoms. The molecule has 1 N–H and O–H groups in total. The van der Waals surface area contributed by atoms with E-state index < -0.39 is 0 Å². The molecular formula is C14H11Cl2N5O. The van der Waals surface area contributed by atoms with E-state index >= 15 is 0 Å². The van der Waals surface area contributed by atoms with Gasteiger partial charge in [-0.05, 0) is 24.3 Å². The number of carbonyl (C=O) groups excluding carboxylic acids is 1. The van der Waals surface area contributed by atoms with Gasteiger partial charge in [-0.2, -0.15) is 10.2 Å². The van der Waals surface area contributed by atoms with Crippen LogP contribution in [0, 0.1) is 0 Å². The second-order valence-corrected chi connectivity index (χ2v) is 5.29. The molecule has 2 aromatic heterocycles. The van der Waals surface area contributed by atoms with Crippen molar-refractivity contribution >= 4 is 34.8 Å². The summed E-state index contributed by atoms with van der Waals surface area (Å²) in [4.78, 5) is 12.2. The van der Waals surface area contributed by atoms with Gasteiger partial charge in [0.05, 0.1) is 15.7 Å². The molecule has 22 heavy (non-hydrogen) atoms. The van der Waals surface area contributed by atoms with E-state index in [2.05, 4.69) is 15.5 Å². The normalized spacial score (nSPS) is 10.6. The molecule has 0 unspecified atom stereocenters. The molecule has 8 heteroatoms. The number of rotatable bonds is 4. The SMILES string of the molecule is O=C(Nc1c(Cl)cccc1Cl)c1ccn(Cn2cccn2)n1. The number of para-hydroxylation sites is 1. The van der Waals surface area contributed by atoms with Gasteiger partial charge >= 0.3 is 0 Å². The molecule has 3 rings (SSSR count). The molecule has 0 aliphatic rings. The first-order valence-electron chi connectivity index (χ1n) is 6.40. The Morgan fingerprint density at radius 1 is 1.09 bits per heavy atom. The number of nitrogens with one attached hydrogen (secondary N) is 1. The number of amides is 1. The van der Waals surface area contributed by atoms with Crippen LogP contribution in [0.15, 0.2) is 48.9 Å². The van der Waals surface area contributed by atoms with Gasteiger partial charge in [-0.1, -0.05) is 29.3 Å². The zero-order chi connectivity index (χ0) is 15.5. The molecule has 0 fully saturated rings. The Kier molecular flexibility index (Phi) is 4.13. The van der Waals surface area contributed by atoms with E-state index in [4.69, 9.17) is 23.2 Å². The molecule has 3 aromatic rings. The van der Waals surface area contributed by atoms with Crippen molar-refractivity contribution in [2.75, 3.05) is 5.32 Å². The van der Waals surface area contributed by atoms with E-state index in [1.807, 2.05) is 12.3 Å². The predicted molar refractivity (Wildman–Crippen MR) is 84.3 cm³/mol. The number of carbonyl (C=O) groups is 1. The molecule has 0 radical (unpaired) electrons. The topological polar surface area (TPSA) is 64.7 Å². The van der Waals surface area contributed by atoms with Gasteiger partial charge in [-0.25, -0.2) is 0 Å². The van der Waals surface area contributed by atoms with Gasteiger partial charge in [0.2, 0.25) is 0 Å². The summed E-state index contributed by atoms with van der Waals surface area (Å²) in [5.41, 5.74) is 0.639. The summed E-state index contributed by atoms with van der Waals surface area (Å²) in [5, 5.41) is 11.7. The molecule has 0 saturated carbocycles. The molecule has 6 nitrogen and oxygen atoms in total. The summed E-state index contributed by atoms with van der Waals surface area (Å²) < 4.78 is 3.30. The van der Waals surface area contributed by atoms with Crippen molar-refractivity contribution in [2.45, 2.75) is 6.67 Å². The van der Waals surface area contributed by atoms with Gasteiger partial charge in [0.25, 0.3) is 5.91 Å². The molecule has 1 aromatic carbocycles. The van der Waals surface area contributed by atoms with Gasteiger partial charge in [0.1, 0.15) is 6.67 Å². The van der Waals surface area contributed by atoms with Gasteiger partial charge < -0.3 is 5.32 Å². The number of hydrogen-bond donors (Lipinski definition) is 1. The largest absolute Gasteiger partial charge is 0.318 e. The standard InChI is InChI=1S/C14H11Cl2N5O/c15-10-3-1-4-11(16)13(10)18-14(22)12-5-8-21(19-12)9-20-7-2-6-17-20/h1-8H,9H2,(H,18,22). The smallest absolute Gasteiger partial charge is 0.276 e. The quantitative estimate of drug-likeness (QED) is 0.796. The van der Waals surface area contributed by atoms with Crippen LogP contribution >= 0.6 is 23.2 Å². The predicted octanol–water partition coefficient (Wildman–Crippen LogP) is 3.14. The fourth-order valence-electron chi connectivity index (χ4n) is 1.89. The van der Waals surface area contributed by atoms with Gasteiger partial charge in [-0.15, -0.1) is 0 Å². The van der Waals surface area contributed by atoms with Crippen molar-refractivity contribution in [1.82, 2.24) is 19.6 Å². The van der Waals surface area contributed by atoms with E-state index in [0.29, 0.717) is 22.4 Å². The van der Waals surface area contributed by atoms with Crippen LogP contribution in [-0.4, -0.2) is 25.5 Å².